The van der Waals surface area contributed by atoms with E-state index >= 15 is 0 Å². The molecular formula is C12H16F3N5O. The van der Waals surface area contributed by atoms with Crippen molar-refractivity contribution in [2.45, 2.75) is 26.2 Å². The summed E-state index contributed by atoms with van der Waals surface area (Å²) >= 11 is 0. The maximum absolute atomic E-state index is 12.7. The van der Waals surface area contributed by atoms with Gasteiger partial charge in [-0.3, -0.25) is 4.79 Å². The summed E-state index contributed by atoms with van der Waals surface area (Å²) in [5, 5.41) is 9.95. The largest absolute Gasteiger partial charge is 0.451 e. The van der Waals surface area contributed by atoms with Gasteiger partial charge < -0.3 is 14.8 Å². The summed E-state index contributed by atoms with van der Waals surface area (Å²) in [7, 11) is 0. The molecule has 1 saturated heterocycles. The van der Waals surface area contributed by atoms with Crippen LogP contribution in [0.4, 0.5) is 13.2 Å². The highest BCUT2D eigenvalue weighted by Crippen LogP contribution is 2.30. The molecule has 0 aromatic carbocycles. The molecule has 2 aliphatic heterocycles. The van der Waals surface area contributed by atoms with E-state index in [-0.39, 0.29) is 43.2 Å². The molecule has 0 bridgehead atoms. The molecule has 1 fully saturated rings. The third kappa shape index (κ3) is 2.50. The van der Waals surface area contributed by atoms with Gasteiger partial charge in [0.2, 0.25) is 11.7 Å². The zero-order valence-corrected chi connectivity index (χ0v) is 11.5. The Labute approximate surface area is 119 Å². The fourth-order valence-corrected chi connectivity index (χ4v) is 2.93. The van der Waals surface area contributed by atoms with E-state index in [9.17, 15) is 18.0 Å². The molecule has 116 valence electrons. The summed E-state index contributed by atoms with van der Waals surface area (Å²) in [6.07, 6.45) is -4.51. The first kappa shape index (κ1) is 14.3. The summed E-state index contributed by atoms with van der Waals surface area (Å²) in [4.78, 5) is 14.0. The van der Waals surface area contributed by atoms with Crippen molar-refractivity contribution in [2.24, 2.45) is 11.8 Å². The highest BCUT2D eigenvalue weighted by atomic mass is 19.4. The minimum Gasteiger partial charge on any atom is -0.333 e. The molecule has 9 heteroatoms. The van der Waals surface area contributed by atoms with Gasteiger partial charge in [0.05, 0.1) is 12.5 Å². The molecule has 0 saturated carbocycles. The molecule has 0 unspecified atom stereocenters. The first-order valence-corrected chi connectivity index (χ1v) is 6.86. The zero-order chi connectivity index (χ0) is 15.2. The van der Waals surface area contributed by atoms with Crippen LogP contribution in [0, 0.1) is 11.8 Å². The van der Waals surface area contributed by atoms with E-state index in [4.69, 9.17) is 0 Å². The lowest BCUT2D eigenvalue weighted by Crippen LogP contribution is -2.43. The van der Waals surface area contributed by atoms with Gasteiger partial charge in [0.15, 0.2) is 5.82 Å². The lowest BCUT2D eigenvalue weighted by atomic mass is 9.96. The summed E-state index contributed by atoms with van der Waals surface area (Å²) in [6.45, 7) is 3.84. The van der Waals surface area contributed by atoms with Crippen molar-refractivity contribution in [3.05, 3.63) is 11.6 Å². The van der Waals surface area contributed by atoms with Crippen molar-refractivity contribution in [3.63, 3.8) is 0 Å². The van der Waals surface area contributed by atoms with E-state index in [2.05, 4.69) is 15.5 Å². The quantitative estimate of drug-likeness (QED) is 0.820. The number of rotatable bonds is 1. The first-order chi connectivity index (χ1) is 9.88. The number of aromatic nitrogens is 3. The van der Waals surface area contributed by atoms with Crippen LogP contribution in [0.3, 0.4) is 0 Å². The van der Waals surface area contributed by atoms with Crippen LogP contribution in [-0.4, -0.2) is 45.2 Å². The van der Waals surface area contributed by atoms with E-state index in [0.29, 0.717) is 6.54 Å². The second-order valence-electron chi connectivity index (χ2n) is 5.59. The zero-order valence-electron chi connectivity index (χ0n) is 11.5. The van der Waals surface area contributed by atoms with Crippen molar-refractivity contribution in [1.82, 2.24) is 25.0 Å². The number of hydrogen-bond acceptors (Lipinski definition) is 4. The van der Waals surface area contributed by atoms with E-state index in [1.165, 1.54) is 0 Å². The molecule has 21 heavy (non-hydrogen) atoms. The van der Waals surface area contributed by atoms with Crippen molar-refractivity contribution in [3.8, 4) is 0 Å². The Kier molecular flexibility index (Phi) is 3.39. The second-order valence-corrected chi connectivity index (χ2v) is 5.59. The number of hydrogen-bond donors (Lipinski definition) is 1. The van der Waals surface area contributed by atoms with Crippen LogP contribution in [0.25, 0.3) is 0 Å². The van der Waals surface area contributed by atoms with Gasteiger partial charge in [-0.25, -0.2) is 0 Å². The van der Waals surface area contributed by atoms with Crippen molar-refractivity contribution in [1.29, 1.82) is 0 Å². The molecule has 0 aliphatic carbocycles. The van der Waals surface area contributed by atoms with Crippen LogP contribution >= 0.6 is 0 Å². The Morgan fingerprint density at radius 1 is 1.29 bits per heavy atom. The monoisotopic (exact) mass is 303 g/mol. The lowest BCUT2D eigenvalue weighted by Gasteiger charge is -2.30. The number of amides is 1. The van der Waals surface area contributed by atoms with Crippen molar-refractivity contribution < 1.29 is 18.0 Å². The molecule has 1 amide bonds. The number of nitrogens with one attached hydrogen (secondary N) is 1. The number of fused-ring (bicyclic) bond motifs is 1. The molecule has 1 aromatic heterocycles. The molecule has 0 radical (unpaired) electrons. The molecule has 0 spiro atoms. The Morgan fingerprint density at radius 3 is 2.67 bits per heavy atom. The molecular weight excluding hydrogens is 287 g/mol. The molecule has 3 rings (SSSR count). The minimum absolute atomic E-state index is 0.0182. The summed E-state index contributed by atoms with van der Waals surface area (Å²) in [6, 6.07) is 0. The Morgan fingerprint density at radius 2 is 2.05 bits per heavy atom. The van der Waals surface area contributed by atoms with E-state index in [1.807, 2.05) is 6.92 Å². The van der Waals surface area contributed by atoms with E-state index in [1.54, 1.807) is 4.90 Å². The van der Waals surface area contributed by atoms with Gasteiger partial charge in [-0.2, -0.15) is 13.2 Å². The Balaban J connectivity index is 1.76. The van der Waals surface area contributed by atoms with Crippen LogP contribution in [0.15, 0.2) is 0 Å². The van der Waals surface area contributed by atoms with Crippen molar-refractivity contribution in [2.75, 3.05) is 19.6 Å². The van der Waals surface area contributed by atoms with E-state index < -0.39 is 12.0 Å². The fourth-order valence-electron chi connectivity index (χ4n) is 2.93. The number of halogens is 3. The highest BCUT2D eigenvalue weighted by molar-refractivity contribution is 5.79. The second kappa shape index (κ2) is 4.97. The SMILES string of the molecule is C[C@@H]1CNC[C@H]1C(=O)N1CCn2c(nnc2C(F)(F)F)C1. The molecule has 2 atom stereocenters. The van der Waals surface area contributed by atoms with Crippen LogP contribution < -0.4 is 5.32 Å². The van der Waals surface area contributed by atoms with Crippen LogP contribution in [0.1, 0.15) is 18.6 Å². The van der Waals surface area contributed by atoms with Gasteiger partial charge in [-0.15, -0.1) is 10.2 Å². The topological polar surface area (TPSA) is 63.1 Å². The Bertz CT molecular complexity index is 556. The normalized spacial score (nSPS) is 26.0. The third-order valence-electron chi connectivity index (χ3n) is 4.15. The average molecular weight is 303 g/mol. The summed E-state index contributed by atoms with van der Waals surface area (Å²) in [5.41, 5.74) is 0. The number of carbonyl (C=O) groups excluding carboxylic acids is 1. The van der Waals surface area contributed by atoms with Gasteiger partial charge in [-0.1, -0.05) is 6.92 Å². The van der Waals surface area contributed by atoms with Crippen LogP contribution in [-0.2, 0) is 24.1 Å². The van der Waals surface area contributed by atoms with Gasteiger partial charge in [0, 0.05) is 19.6 Å². The van der Waals surface area contributed by atoms with E-state index in [0.717, 1.165) is 11.1 Å². The molecule has 2 aliphatic rings. The smallest absolute Gasteiger partial charge is 0.333 e. The standard InChI is InChI=1S/C12H16F3N5O/c1-7-4-16-5-8(7)10(21)19-2-3-20-9(6-19)17-18-11(20)12(13,14)15/h7-8,16H,2-6H2,1H3/t7-,8-/m1/s1. The fraction of sp³-hybridized carbons (Fsp3) is 0.750. The predicted molar refractivity (Wildman–Crippen MR) is 66.0 cm³/mol. The van der Waals surface area contributed by atoms with Crippen LogP contribution in [0.5, 0.6) is 0 Å². The summed E-state index contributed by atoms with van der Waals surface area (Å²) in [5.74, 6) is -0.680. The van der Waals surface area contributed by atoms with Gasteiger partial charge >= 0.3 is 6.18 Å². The molecule has 6 nitrogen and oxygen atoms in total. The molecule has 1 N–H and O–H groups in total. The third-order valence-corrected chi connectivity index (χ3v) is 4.15. The number of alkyl halides is 3. The van der Waals surface area contributed by atoms with Crippen LogP contribution in [0.2, 0.25) is 0 Å². The first-order valence-electron chi connectivity index (χ1n) is 6.86. The average Bonchev–Trinajstić information content (AvgIpc) is 3.02. The van der Waals surface area contributed by atoms with Crippen molar-refractivity contribution >= 4 is 5.91 Å². The molecule has 3 heterocycles. The van der Waals surface area contributed by atoms with Gasteiger partial charge in [-0.05, 0) is 12.5 Å². The highest BCUT2D eigenvalue weighted by Gasteiger charge is 2.41. The molecule has 1 aromatic rings. The number of carbonyl (C=O) groups is 1. The number of nitrogens with zero attached hydrogens (tertiary/aromatic N) is 4. The van der Waals surface area contributed by atoms with Gasteiger partial charge in [0.25, 0.3) is 0 Å². The summed E-state index contributed by atoms with van der Waals surface area (Å²) < 4.78 is 39.3. The minimum atomic E-state index is -4.51. The predicted octanol–water partition coefficient (Wildman–Crippen LogP) is 0.495. The lowest BCUT2D eigenvalue weighted by molar-refractivity contribution is -0.148. The maximum Gasteiger partial charge on any atom is 0.451 e. The Hall–Kier alpha value is -1.64. The maximum atomic E-state index is 12.7. The van der Waals surface area contributed by atoms with Gasteiger partial charge in [0.1, 0.15) is 0 Å².